The standard InChI is InChI=1S/C34H52O6/c1-24(2)9-5-10-25(3)11-6-14-28(23-40-20-19-36)29-16-17-34(32(29)38)30(15-8-18-35)31-26(21-33(34,4)39)12-7-13-27(31)22-37/h6,9,11,14,22,26,29-30,32,35-36,38-39H,3,5,7-8,10,12-13,15-21,23H2,1-2,4H3. The molecule has 3 aliphatic carbocycles. The van der Waals surface area contributed by atoms with E-state index in [0.717, 1.165) is 60.7 Å². The molecule has 2 saturated carbocycles. The van der Waals surface area contributed by atoms with Gasteiger partial charge >= 0.3 is 0 Å². The fourth-order valence-electron chi connectivity index (χ4n) is 7.87. The SMILES string of the molecule is C=C(C=CC=C(COCCO)C1CCC2(C(CCCO)C3=C(C=O)CCCC3CC2(C)O)C1O)CCC=C(C)C. The molecule has 2 fully saturated rings. The van der Waals surface area contributed by atoms with Crippen LogP contribution >= 0.6 is 0 Å². The Labute approximate surface area is 241 Å². The number of aliphatic hydroxyl groups excluding tert-OH is 3. The molecule has 3 rings (SSSR count). The summed E-state index contributed by atoms with van der Waals surface area (Å²) in [5.74, 6) is -0.266. The molecule has 6 nitrogen and oxygen atoms in total. The Morgan fingerprint density at radius 3 is 2.65 bits per heavy atom. The smallest absolute Gasteiger partial charge is 0.145 e. The van der Waals surface area contributed by atoms with Crippen molar-refractivity contribution >= 4 is 6.29 Å². The normalized spacial score (nSPS) is 32.5. The van der Waals surface area contributed by atoms with Crippen LogP contribution in [0.25, 0.3) is 0 Å². The Kier molecular flexibility index (Phi) is 12.2. The molecule has 40 heavy (non-hydrogen) atoms. The maximum atomic E-state index is 12.2. The lowest BCUT2D eigenvalue weighted by molar-refractivity contribution is -0.178. The molecule has 4 N–H and O–H groups in total. The first kappa shape index (κ1) is 32.7. The summed E-state index contributed by atoms with van der Waals surface area (Å²) >= 11 is 0. The third kappa shape index (κ3) is 7.14. The molecule has 0 radical (unpaired) electrons. The molecule has 0 heterocycles. The maximum Gasteiger partial charge on any atom is 0.145 e. The maximum absolute atomic E-state index is 12.2. The molecule has 0 aromatic rings. The number of carbonyl (C=O) groups excluding carboxylic acids is 1. The Bertz CT molecular complexity index is 998. The highest BCUT2D eigenvalue weighted by Gasteiger charge is 2.65. The Morgan fingerprint density at radius 2 is 1.98 bits per heavy atom. The van der Waals surface area contributed by atoms with Gasteiger partial charge in [-0.25, -0.2) is 0 Å². The van der Waals surface area contributed by atoms with E-state index < -0.39 is 17.1 Å². The minimum absolute atomic E-state index is 0.0328. The highest BCUT2D eigenvalue weighted by atomic mass is 16.5. The van der Waals surface area contributed by atoms with Crippen molar-refractivity contribution in [2.75, 3.05) is 26.4 Å². The lowest BCUT2D eigenvalue weighted by atomic mass is 9.49. The predicted molar refractivity (Wildman–Crippen MR) is 160 cm³/mol. The molecule has 0 aromatic carbocycles. The average Bonchev–Trinajstić information content (AvgIpc) is 3.25. The van der Waals surface area contributed by atoms with Gasteiger partial charge in [-0.05, 0) is 108 Å². The number of rotatable bonds is 14. The molecule has 6 heteroatoms. The van der Waals surface area contributed by atoms with Crippen molar-refractivity contribution in [3.63, 3.8) is 0 Å². The van der Waals surface area contributed by atoms with Crippen molar-refractivity contribution in [3.05, 3.63) is 58.7 Å². The molecule has 0 bridgehead atoms. The van der Waals surface area contributed by atoms with Crippen LogP contribution in [0, 0.1) is 23.2 Å². The van der Waals surface area contributed by atoms with Gasteiger partial charge in [0, 0.05) is 17.9 Å². The number of fused-ring (bicyclic) bond motifs is 1. The second kappa shape index (κ2) is 14.9. The summed E-state index contributed by atoms with van der Waals surface area (Å²) in [6, 6.07) is 0. The summed E-state index contributed by atoms with van der Waals surface area (Å²) in [7, 11) is 0. The van der Waals surface area contributed by atoms with Gasteiger partial charge in [0.25, 0.3) is 0 Å². The lowest BCUT2D eigenvalue weighted by Crippen LogP contribution is -2.61. The number of allylic oxidation sites excluding steroid dienone is 8. The van der Waals surface area contributed by atoms with Crippen LogP contribution in [-0.2, 0) is 9.53 Å². The first-order chi connectivity index (χ1) is 19.1. The van der Waals surface area contributed by atoms with Crippen molar-refractivity contribution in [2.24, 2.45) is 23.2 Å². The molecule has 0 saturated heterocycles. The van der Waals surface area contributed by atoms with Gasteiger partial charge in [-0.15, -0.1) is 0 Å². The average molecular weight is 557 g/mol. The molecule has 6 atom stereocenters. The Morgan fingerprint density at radius 1 is 1.20 bits per heavy atom. The molecule has 6 unspecified atom stereocenters. The number of ether oxygens (including phenoxy) is 1. The summed E-state index contributed by atoms with van der Waals surface area (Å²) in [5, 5.41) is 43.3. The first-order valence-corrected chi connectivity index (χ1v) is 15.2. The summed E-state index contributed by atoms with van der Waals surface area (Å²) < 4.78 is 5.75. The molecule has 0 aromatic heterocycles. The fourth-order valence-corrected chi connectivity index (χ4v) is 7.87. The van der Waals surface area contributed by atoms with E-state index in [-0.39, 0.29) is 44.2 Å². The second-order valence-corrected chi connectivity index (χ2v) is 12.6. The summed E-state index contributed by atoms with van der Waals surface area (Å²) in [5.41, 5.74) is 3.25. The van der Waals surface area contributed by atoms with Crippen molar-refractivity contribution in [1.29, 1.82) is 0 Å². The predicted octanol–water partition coefficient (Wildman–Crippen LogP) is 5.38. The van der Waals surface area contributed by atoms with Crippen molar-refractivity contribution in [1.82, 2.24) is 0 Å². The van der Waals surface area contributed by atoms with Crippen LogP contribution in [0.3, 0.4) is 0 Å². The zero-order valence-corrected chi connectivity index (χ0v) is 24.9. The zero-order valence-electron chi connectivity index (χ0n) is 24.9. The summed E-state index contributed by atoms with van der Waals surface area (Å²) in [6.07, 6.45) is 15.8. The van der Waals surface area contributed by atoms with Crippen LogP contribution < -0.4 is 0 Å². The second-order valence-electron chi connectivity index (χ2n) is 12.6. The molecule has 0 amide bonds. The van der Waals surface area contributed by atoms with Crippen molar-refractivity contribution in [2.45, 2.75) is 96.7 Å². The molecule has 0 aliphatic heterocycles. The van der Waals surface area contributed by atoms with Crippen molar-refractivity contribution in [3.8, 4) is 0 Å². The molecular formula is C34H52O6. The van der Waals surface area contributed by atoms with E-state index in [1.54, 1.807) is 0 Å². The quantitative estimate of drug-likeness (QED) is 0.0991. The van der Waals surface area contributed by atoms with Crippen LogP contribution in [0.5, 0.6) is 0 Å². The van der Waals surface area contributed by atoms with E-state index in [2.05, 4.69) is 26.5 Å². The Balaban J connectivity index is 1.96. The van der Waals surface area contributed by atoms with Crippen molar-refractivity contribution < 1.29 is 30.0 Å². The highest BCUT2D eigenvalue weighted by Crippen LogP contribution is 2.65. The minimum atomic E-state index is -1.12. The largest absolute Gasteiger partial charge is 0.396 e. The fraction of sp³-hybridized carbons (Fsp3) is 0.676. The first-order valence-electron chi connectivity index (χ1n) is 15.2. The third-order valence-corrected chi connectivity index (χ3v) is 9.67. The van der Waals surface area contributed by atoms with E-state index in [9.17, 15) is 25.2 Å². The third-order valence-electron chi connectivity index (χ3n) is 9.67. The zero-order chi connectivity index (χ0) is 29.3. The lowest BCUT2D eigenvalue weighted by Gasteiger charge is -2.58. The van der Waals surface area contributed by atoms with Crippen LogP contribution in [-0.4, -0.2) is 64.8 Å². The van der Waals surface area contributed by atoms with Crippen LogP contribution in [0.4, 0.5) is 0 Å². The van der Waals surface area contributed by atoms with Gasteiger partial charge in [0.1, 0.15) is 6.29 Å². The van der Waals surface area contributed by atoms with E-state index >= 15 is 0 Å². The number of hydrogen-bond donors (Lipinski definition) is 4. The summed E-state index contributed by atoms with van der Waals surface area (Å²) in [4.78, 5) is 12.2. The van der Waals surface area contributed by atoms with Gasteiger partial charge in [-0.2, -0.15) is 0 Å². The van der Waals surface area contributed by atoms with E-state index in [1.165, 1.54) is 5.57 Å². The molecule has 3 aliphatic rings. The topological polar surface area (TPSA) is 107 Å². The number of aldehydes is 1. The van der Waals surface area contributed by atoms with Crippen LogP contribution in [0.1, 0.15) is 85.0 Å². The number of aliphatic hydroxyl groups is 4. The van der Waals surface area contributed by atoms with Gasteiger partial charge in [-0.1, -0.05) is 47.6 Å². The van der Waals surface area contributed by atoms with Gasteiger partial charge in [-0.3, -0.25) is 4.79 Å². The van der Waals surface area contributed by atoms with Gasteiger partial charge < -0.3 is 25.2 Å². The van der Waals surface area contributed by atoms with Crippen LogP contribution in [0.2, 0.25) is 0 Å². The van der Waals surface area contributed by atoms with Gasteiger partial charge in [0.15, 0.2) is 0 Å². The van der Waals surface area contributed by atoms with E-state index in [4.69, 9.17) is 4.74 Å². The van der Waals surface area contributed by atoms with E-state index in [1.807, 2.05) is 25.2 Å². The monoisotopic (exact) mass is 556 g/mol. The van der Waals surface area contributed by atoms with E-state index in [0.29, 0.717) is 32.1 Å². The highest BCUT2D eigenvalue weighted by molar-refractivity contribution is 5.75. The minimum Gasteiger partial charge on any atom is -0.396 e. The van der Waals surface area contributed by atoms with Crippen LogP contribution in [0.15, 0.2) is 58.7 Å². The molecular weight excluding hydrogens is 504 g/mol. The molecule has 224 valence electrons. The number of hydrogen-bond acceptors (Lipinski definition) is 6. The van der Waals surface area contributed by atoms with Gasteiger partial charge in [0.2, 0.25) is 0 Å². The number of carbonyl (C=O) groups is 1. The van der Waals surface area contributed by atoms with Gasteiger partial charge in [0.05, 0.1) is 31.5 Å². The molecule has 1 spiro atoms. The Hall–Kier alpha value is -1.83. The summed E-state index contributed by atoms with van der Waals surface area (Å²) in [6.45, 7) is 10.7.